The highest BCUT2D eigenvalue weighted by molar-refractivity contribution is 9.10. The highest BCUT2D eigenvalue weighted by Crippen LogP contribution is 2.26. The van der Waals surface area contributed by atoms with Gasteiger partial charge < -0.3 is 10.2 Å². The smallest absolute Gasteiger partial charge is 0.261 e. The molecule has 3 amide bonds. The summed E-state index contributed by atoms with van der Waals surface area (Å²) < 4.78 is 0.747. The maximum absolute atomic E-state index is 12.3. The first-order valence-electron chi connectivity index (χ1n) is 7.00. The molecule has 0 bridgehead atoms. The Labute approximate surface area is 149 Å². The second-order valence-electron chi connectivity index (χ2n) is 5.12. The van der Waals surface area contributed by atoms with Crippen molar-refractivity contribution in [3.8, 4) is 0 Å². The van der Waals surface area contributed by atoms with Gasteiger partial charge in [-0.25, -0.2) is 0 Å². The summed E-state index contributed by atoms with van der Waals surface area (Å²) in [6.45, 7) is 1.39. The van der Waals surface area contributed by atoms with Gasteiger partial charge in [-0.05, 0) is 25.2 Å². The Bertz CT molecular complexity index is 624. The van der Waals surface area contributed by atoms with Gasteiger partial charge in [0.25, 0.3) is 11.8 Å². The van der Waals surface area contributed by atoms with E-state index in [9.17, 15) is 14.4 Å². The molecule has 1 aromatic rings. The average molecular weight is 405 g/mol. The molecule has 0 saturated heterocycles. The number of likely N-dealkylation sites (N-methyl/N-ethyl adjacent to an activating group) is 2. The van der Waals surface area contributed by atoms with Gasteiger partial charge in [-0.15, -0.1) is 12.4 Å². The van der Waals surface area contributed by atoms with Crippen LogP contribution in [-0.2, 0) is 4.79 Å². The van der Waals surface area contributed by atoms with E-state index in [1.807, 2.05) is 7.05 Å². The van der Waals surface area contributed by atoms with Crippen LogP contribution >= 0.6 is 28.3 Å². The standard InChI is InChI=1S/C15H18BrN3O3.ClH/c1-17-6-8-18(2)13(20)5-7-19-14(21)11-4-3-10(16)9-12(11)15(19)22;/h3-4,9,17H,5-8H2,1-2H3;1H. The molecule has 23 heavy (non-hydrogen) atoms. The summed E-state index contributed by atoms with van der Waals surface area (Å²) in [4.78, 5) is 39.2. The van der Waals surface area contributed by atoms with E-state index >= 15 is 0 Å². The second kappa shape index (κ2) is 8.42. The van der Waals surface area contributed by atoms with E-state index in [-0.39, 0.29) is 43.1 Å². The van der Waals surface area contributed by atoms with Crippen molar-refractivity contribution in [2.45, 2.75) is 6.42 Å². The highest BCUT2D eigenvalue weighted by Gasteiger charge is 2.35. The summed E-state index contributed by atoms with van der Waals surface area (Å²) in [7, 11) is 3.52. The normalized spacial score (nSPS) is 12.9. The fraction of sp³-hybridized carbons (Fsp3) is 0.400. The SMILES string of the molecule is CNCCN(C)C(=O)CCN1C(=O)c2ccc(Br)cc2C1=O.Cl. The van der Waals surface area contributed by atoms with E-state index in [4.69, 9.17) is 0 Å². The zero-order valence-corrected chi connectivity index (χ0v) is 15.4. The van der Waals surface area contributed by atoms with E-state index < -0.39 is 0 Å². The zero-order chi connectivity index (χ0) is 16.3. The van der Waals surface area contributed by atoms with Crippen LogP contribution in [-0.4, -0.2) is 61.3 Å². The van der Waals surface area contributed by atoms with Crippen molar-refractivity contribution >= 4 is 46.1 Å². The molecule has 1 N–H and O–H groups in total. The molecule has 0 spiro atoms. The van der Waals surface area contributed by atoms with Gasteiger partial charge in [0.05, 0.1) is 11.1 Å². The maximum Gasteiger partial charge on any atom is 0.261 e. The monoisotopic (exact) mass is 403 g/mol. The van der Waals surface area contributed by atoms with Gasteiger partial charge in [-0.1, -0.05) is 15.9 Å². The van der Waals surface area contributed by atoms with Crippen molar-refractivity contribution in [2.75, 3.05) is 33.7 Å². The number of carbonyl (C=O) groups is 3. The molecule has 0 radical (unpaired) electrons. The number of nitrogens with zero attached hydrogens (tertiary/aromatic N) is 2. The number of carbonyl (C=O) groups excluding carboxylic acids is 3. The zero-order valence-electron chi connectivity index (χ0n) is 13.0. The molecule has 8 heteroatoms. The lowest BCUT2D eigenvalue weighted by atomic mass is 10.1. The van der Waals surface area contributed by atoms with Crippen LogP contribution in [0.15, 0.2) is 22.7 Å². The third-order valence-electron chi connectivity index (χ3n) is 3.60. The van der Waals surface area contributed by atoms with E-state index in [2.05, 4.69) is 21.2 Å². The van der Waals surface area contributed by atoms with Crippen LogP contribution in [0.4, 0.5) is 0 Å². The summed E-state index contributed by atoms with van der Waals surface area (Å²) in [6, 6.07) is 4.99. The first kappa shape index (κ1) is 19.6. The van der Waals surface area contributed by atoms with E-state index in [1.54, 1.807) is 30.1 Å². The lowest BCUT2D eigenvalue weighted by molar-refractivity contribution is -0.129. The van der Waals surface area contributed by atoms with Gasteiger partial charge in [0, 0.05) is 37.6 Å². The van der Waals surface area contributed by atoms with Gasteiger partial charge in [0.15, 0.2) is 0 Å². The van der Waals surface area contributed by atoms with Gasteiger partial charge in [-0.3, -0.25) is 19.3 Å². The van der Waals surface area contributed by atoms with Crippen LogP contribution in [0.5, 0.6) is 0 Å². The molecule has 6 nitrogen and oxygen atoms in total. The maximum atomic E-state index is 12.3. The second-order valence-corrected chi connectivity index (χ2v) is 6.04. The molecule has 0 fully saturated rings. The third kappa shape index (κ3) is 4.31. The summed E-state index contributed by atoms with van der Waals surface area (Å²) in [5.74, 6) is -0.766. The van der Waals surface area contributed by atoms with Crippen molar-refractivity contribution < 1.29 is 14.4 Å². The number of amides is 3. The quantitative estimate of drug-likeness (QED) is 0.730. The Morgan fingerprint density at radius 3 is 2.57 bits per heavy atom. The predicted molar refractivity (Wildman–Crippen MR) is 92.9 cm³/mol. The molecule has 1 aliphatic heterocycles. The van der Waals surface area contributed by atoms with Crippen LogP contribution in [0.2, 0.25) is 0 Å². The van der Waals surface area contributed by atoms with Crippen LogP contribution < -0.4 is 5.32 Å². The molecule has 0 saturated carbocycles. The van der Waals surface area contributed by atoms with Gasteiger partial charge in [0.2, 0.25) is 5.91 Å². The molecule has 1 aromatic carbocycles. The van der Waals surface area contributed by atoms with Crippen molar-refractivity contribution in [1.82, 2.24) is 15.1 Å². The fourth-order valence-electron chi connectivity index (χ4n) is 2.27. The lowest BCUT2D eigenvalue weighted by Crippen LogP contribution is -2.37. The Balaban J connectivity index is 0.00000264. The molecule has 126 valence electrons. The number of fused-ring (bicyclic) bond motifs is 1. The van der Waals surface area contributed by atoms with E-state index in [0.29, 0.717) is 24.2 Å². The lowest BCUT2D eigenvalue weighted by Gasteiger charge is -2.19. The van der Waals surface area contributed by atoms with Gasteiger partial charge >= 0.3 is 0 Å². The number of hydrogen-bond donors (Lipinski definition) is 1. The number of rotatable bonds is 6. The third-order valence-corrected chi connectivity index (χ3v) is 4.10. The molecule has 0 unspecified atom stereocenters. The van der Waals surface area contributed by atoms with Crippen LogP contribution in [0.25, 0.3) is 0 Å². The van der Waals surface area contributed by atoms with Crippen molar-refractivity contribution in [3.63, 3.8) is 0 Å². The largest absolute Gasteiger partial charge is 0.344 e. The number of nitrogens with one attached hydrogen (secondary N) is 1. The van der Waals surface area contributed by atoms with Crippen molar-refractivity contribution in [2.24, 2.45) is 0 Å². The number of imide groups is 1. The van der Waals surface area contributed by atoms with E-state index in [1.165, 1.54) is 0 Å². The summed E-state index contributed by atoms with van der Waals surface area (Å²) in [6.07, 6.45) is 0.132. The minimum Gasteiger partial charge on any atom is -0.344 e. The molecule has 2 rings (SSSR count). The molecule has 0 aliphatic carbocycles. The Morgan fingerprint density at radius 1 is 1.26 bits per heavy atom. The number of halogens is 2. The average Bonchev–Trinajstić information content (AvgIpc) is 2.73. The van der Waals surface area contributed by atoms with Crippen LogP contribution in [0, 0.1) is 0 Å². The van der Waals surface area contributed by atoms with Crippen molar-refractivity contribution in [3.05, 3.63) is 33.8 Å². The molecular weight excluding hydrogens is 386 g/mol. The Hall–Kier alpha value is -1.44. The van der Waals surface area contributed by atoms with Crippen LogP contribution in [0.1, 0.15) is 27.1 Å². The van der Waals surface area contributed by atoms with Gasteiger partial charge in [0.1, 0.15) is 0 Å². The Morgan fingerprint density at radius 2 is 1.91 bits per heavy atom. The number of benzene rings is 1. The first-order chi connectivity index (χ1) is 10.5. The number of hydrogen-bond acceptors (Lipinski definition) is 4. The molecular formula is C15H19BrClN3O3. The van der Waals surface area contributed by atoms with E-state index in [0.717, 1.165) is 9.37 Å². The predicted octanol–water partition coefficient (Wildman–Crippen LogP) is 1.53. The minimum atomic E-state index is -0.341. The highest BCUT2D eigenvalue weighted by atomic mass is 79.9. The van der Waals surface area contributed by atoms with Crippen molar-refractivity contribution in [1.29, 1.82) is 0 Å². The van der Waals surface area contributed by atoms with Gasteiger partial charge in [-0.2, -0.15) is 0 Å². The molecule has 1 heterocycles. The molecule has 1 aliphatic rings. The Kier molecular flexibility index (Phi) is 7.18. The minimum absolute atomic E-state index is 0. The molecule has 0 aromatic heterocycles. The summed E-state index contributed by atoms with van der Waals surface area (Å²) >= 11 is 3.29. The summed E-state index contributed by atoms with van der Waals surface area (Å²) in [5.41, 5.74) is 0.777. The fourth-order valence-corrected chi connectivity index (χ4v) is 2.63. The van der Waals surface area contributed by atoms with Crippen LogP contribution in [0.3, 0.4) is 0 Å². The first-order valence-corrected chi connectivity index (χ1v) is 7.79. The summed E-state index contributed by atoms with van der Waals surface area (Å²) in [5, 5.41) is 2.96. The topological polar surface area (TPSA) is 69.7 Å². The molecule has 0 atom stereocenters.